The van der Waals surface area contributed by atoms with Crippen molar-refractivity contribution in [1.29, 1.82) is 0 Å². The zero-order valence-corrected chi connectivity index (χ0v) is 6.70. The van der Waals surface area contributed by atoms with E-state index in [1.165, 1.54) is 11.8 Å². The van der Waals surface area contributed by atoms with Crippen LogP contribution < -0.4 is 5.73 Å². The van der Waals surface area contributed by atoms with Crippen LogP contribution in [0.4, 0.5) is 0 Å². The summed E-state index contributed by atoms with van der Waals surface area (Å²) in [5, 5.41) is 0.237. The minimum absolute atomic E-state index is 0.130. The molecule has 0 saturated carbocycles. The number of carbonyl (C=O) groups is 1. The molecule has 0 aliphatic rings. The van der Waals surface area contributed by atoms with Gasteiger partial charge in [-0.25, -0.2) is 0 Å². The van der Waals surface area contributed by atoms with Crippen LogP contribution in [0.5, 0.6) is 0 Å². The molecule has 9 heavy (non-hydrogen) atoms. The molecule has 0 saturated heterocycles. The van der Waals surface area contributed by atoms with Gasteiger partial charge in [0.1, 0.15) is 0 Å². The molecule has 0 unspecified atom stereocenters. The third-order valence-electron chi connectivity index (χ3n) is 1.20. The van der Waals surface area contributed by atoms with E-state index >= 15 is 0 Å². The van der Waals surface area contributed by atoms with Crippen molar-refractivity contribution in [2.75, 3.05) is 12.8 Å². The van der Waals surface area contributed by atoms with E-state index in [4.69, 9.17) is 5.73 Å². The smallest absolute Gasteiger partial charge is 0.191 e. The van der Waals surface area contributed by atoms with Crippen molar-refractivity contribution >= 4 is 16.9 Å². The molecule has 0 amide bonds. The molecule has 0 aliphatic carbocycles. The average Bonchev–Trinajstić information content (AvgIpc) is 1.87. The minimum Gasteiger partial charge on any atom is -0.330 e. The largest absolute Gasteiger partial charge is 0.330 e. The first-order chi connectivity index (χ1) is 4.22. The predicted octanol–water partition coefficient (Wildman–Crippen LogP) is 0.861. The summed E-state index contributed by atoms with van der Waals surface area (Å²) in [6, 6.07) is 0. The van der Waals surface area contributed by atoms with Gasteiger partial charge in [-0.05, 0) is 19.2 Å². The topological polar surface area (TPSA) is 43.1 Å². The van der Waals surface area contributed by atoms with Crippen molar-refractivity contribution in [3.63, 3.8) is 0 Å². The molecule has 0 heterocycles. The van der Waals surface area contributed by atoms with Gasteiger partial charge in [0.25, 0.3) is 0 Å². The highest BCUT2D eigenvalue weighted by Gasteiger charge is 2.08. The van der Waals surface area contributed by atoms with E-state index in [1.807, 2.05) is 6.92 Å². The lowest BCUT2D eigenvalue weighted by Crippen LogP contribution is -2.11. The van der Waals surface area contributed by atoms with Crippen LogP contribution in [0, 0.1) is 5.92 Å². The number of thioether (sulfide) groups is 1. The molecule has 0 bridgehead atoms. The molecular formula is C6H13NOS. The molecule has 2 nitrogen and oxygen atoms in total. The second kappa shape index (κ2) is 4.82. The monoisotopic (exact) mass is 147 g/mol. The number of hydrogen-bond acceptors (Lipinski definition) is 3. The fourth-order valence-corrected chi connectivity index (χ4v) is 1.09. The second-order valence-corrected chi connectivity index (χ2v) is 2.81. The van der Waals surface area contributed by atoms with Crippen molar-refractivity contribution in [3.8, 4) is 0 Å². The fourth-order valence-electron chi connectivity index (χ4n) is 0.569. The van der Waals surface area contributed by atoms with Gasteiger partial charge in [0.2, 0.25) is 0 Å². The predicted molar refractivity (Wildman–Crippen MR) is 41.4 cm³/mol. The Kier molecular flexibility index (Phi) is 4.81. The molecule has 0 aliphatic heterocycles. The number of carbonyl (C=O) groups excluding carboxylic acids is 1. The summed E-state index contributed by atoms with van der Waals surface area (Å²) in [5.74, 6) is 0.130. The van der Waals surface area contributed by atoms with Gasteiger partial charge in [-0.1, -0.05) is 18.7 Å². The molecule has 0 spiro atoms. The first-order valence-corrected chi connectivity index (χ1v) is 4.22. The van der Waals surface area contributed by atoms with E-state index in [9.17, 15) is 4.79 Å². The lowest BCUT2D eigenvalue weighted by molar-refractivity contribution is -0.114. The summed E-state index contributed by atoms with van der Waals surface area (Å²) in [5.41, 5.74) is 5.26. The highest BCUT2D eigenvalue weighted by Crippen LogP contribution is 2.09. The normalized spacial score (nSPS) is 13.2. The van der Waals surface area contributed by atoms with Crippen LogP contribution in [0.3, 0.4) is 0 Å². The van der Waals surface area contributed by atoms with Gasteiger partial charge >= 0.3 is 0 Å². The Morgan fingerprint density at radius 3 is 2.67 bits per heavy atom. The van der Waals surface area contributed by atoms with Gasteiger partial charge in [-0.3, -0.25) is 4.79 Å². The Morgan fingerprint density at radius 1 is 1.78 bits per heavy atom. The average molecular weight is 147 g/mol. The third kappa shape index (κ3) is 3.54. The Balaban J connectivity index is 3.45. The van der Waals surface area contributed by atoms with Crippen molar-refractivity contribution in [2.24, 2.45) is 11.7 Å². The summed E-state index contributed by atoms with van der Waals surface area (Å²) >= 11 is 1.28. The molecule has 2 N–H and O–H groups in total. The Labute approximate surface area is 60.2 Å². The van der Waals surface area contributed by atoms with Crippen molar-refractivity contribution in [3.05, 3.63) is 0 Å². The summed E-state index contributed by atoms with van der Waals surface area (Å²) in [6.45, 7) is 2.51. The zero-order valence-electron chi connectivity index (χ0n) is 5.89. The Morgan fingerprint density at radius 2 is 2.33 bits per heavy atom. The number of rotatable bonds is 3. The Bertz CT molecular complexity index is 95.1. The molecule has 3 heteroatoms. The lowest BCUT2D eigenvalue weighted by atomic mass is 10.1. The van der Waals surface area contributed by atoms with Gasteiger partial charge in [-0.15, -0.1) is 0 Å². The van der Waals surface area contributed by atoms with Gasteiger partial charge in [-0.2, -0.15) is 0 Å². The second-order valence-electron chi connectivity index (χ2n) is 2.00. The van der Waals surface area contributed by atoms with Crippen LogP contribution in [0.25, 0.3) is 0 Å². The Hall–Kier alpha value is -0.0200. The van der Waals surface area contributed by atoms with Crippen LogP contribution in [0.1, 0.15) is 13.3 Å². The maximum Gasteiger partial charge on any atom is 0.191 e. The molecule has 1 atom stereocenters. The van der Waals surface area contributed by atoms with E-state index in [0.29, 0.717) is 6.54 Å². The first-order valence-electron chi connectivity index (χ1n) is 3.00. The van der Waals surface area contributed by atoms with E-state index < -0.39 is 0 Å². The molecule has 54 valence electrons. The van der Waals surface area contributed by atoms with E-state index in [-0.39, 0.29) is 11.0 Å². The van der Waals surface area contributed by atoms with Gasteiger partial charge < -0.3 is 5.73 Å². The molecule has 0 aromatic heterocycles. The molecule has 0 aromatic rings. The van der Waals surface area contributed by atoms with Crippen molar-refractivity contribution in [1.82, 2.24) is 0 Å². The first kappa shape index (κ1) is 8.98. The van der Waals surface area contributed by atoms with Crippen molar-refractivity contribution in [2.45, 2.75) is 13.3 Å². The maximum absolute atomic E-state index is 10.8. The van der Waals surface area contributed by atoms with Crippen molar-refractivity contribution < 1.29 is 4.79 Å². The quantitative estimate of drug-likeness (QED) is 0.644. The number of hydrogen-bond donors (Lipinski definition) is 1. The van der Waals surface area contributed by atoms with E-state index in [0.717, 1.165) is 6.42 Å². The summed E-state index contributed by atoms with van der Waals surface area (Å²) in [4.78, 5) is 10.8. The van der Waals surface area contributed by atoms with Crippen LogP contribution in [-0.4, -0.2) is 17.9 Å². The minimum atomic E-state index is 0.130. The molecule has 0 aromatic carbocycles. The maximum atomic E-state index is 10.8. The molecule has 0 radical (unpaired) electrons. The highest BCUT2D eigenvalue weighted by molar-refractivity contribution is 8.13. The van der Waals surface area contributed by atoms with Crippen LogP contribution in [0.15, 0.2) is 0 Å². The lowest BCUT2D eigenvalue weighted by Gasteiger charge is -2.04. The van der Waals surface area contributed by atoms with Crippen LogP contribution in [-0.2, 0) is 4.79 Å². The van der Waals surface area contributed by atoms with Crippen LogP contribution in [0.2, 0.25) is 0 Å². The van der Waals surface area contributed by atoms with E-state index in [1.54, 1.807) is 6.26 Å². The molecule has 0 rings (SSSR count). The number of nitrogens with two attached hydrogens (primary N) is 1. The van der Waals surface area contributed by atoms with Gasteiger partial charge in [0, 0.05) is 5.92 Å². The van der Waals surface area contributed by atoms with Gasteiger partial charge in [0.05, 0.1) is 0 Å². The van der Waals surface area contributed by atoms with Gasteiger partial charge in [0.15, 0.2) is 5.12 Å². The summed E-state index contributed by atoms with van der Waals surface area (Å²) < 4.78 is 0. The highest BCUT2D eigenvalue weighted by atomic mass is 32.2. The fraction of sp³-hybridized carbons (Fsp3) is 0.833. The van der Waals surface area contributed by atoms with Crippen LogP contribution >= 0.6 is 11.8 Å². The summed E-state index contributed by atoms with van der Waals surface area (Å²) in [7, 11) is 0. The molecule has 0 fully saturated rings. The summed E-state index contributed by atoms with van der Waals surface area (Å²) in [6.07, 6.45) is 2.61. The third-order valence-corrected chi connectivity index (χ3v) is 2.01. The standard InChI is InChI=1S/C6H13NOS/c1-5(3-4-7)6(8)9-2/h5H,3-4,7H2,1-2H3/t5-/m1/s1. The van der Waals surface area contributed by atoms with E-state index in [2.05, 4.69) is 0 Å². The molecular weight excluding hydrogens is 134 g/mol. The zero-order chi connectivity index (χ0) is 7.28. The SMILES string of the molecule is CSC(=O)[C@H](C)CCN.